The number of likely N-dealkylation sites (N-methyl/N-ethyl adjacent to an activating group) is 1. The van der Waals surface area contributed by atoms with Crippen LogP contribution in [0.2, 0.25) is 0 Å². The fourth-order valence-corrected chi connectivity index (χ4v) is 3.40. The Kier molecular flexibility index (Phi) is 3.82. The highest BCUT2D eigenvalue weighted by Crippen LogP contribution is 2.40. The summed E-state index contributed by atoms with van der Waals surface area (Å²) < 4.78 is 7.14. The van der Waals surface area contributed by atoms with Gasteiger partial charge in [0.15, 0.2) is 5.69 Å². The lowest BCUT2D eigenvalue weighted by molar-refractivity contribution is -0.136. The van der Waals surface area contributed by atoms with Crippen LogP contribution in [0.3, 0.4) is 0 Å². The molecule has 0 radical (unpaired) electrons. The van der Waals surface area contributed by atoms with Crippen LogP contribution in [0.4, 0.5) is 0 Å². The smallest absolute Gasteiger partial charge is 0.273 e. The van der Waals surface area contributed by atoms with E-state index in [1.54, 1.807) is 24.2 Å². The van der Waals surface area contributed by atoms with Gasteiger partial charge in [0.25, 0.3) is 5.91 Å². The summed E-state index contributed by atoms with van der Waals surface area (Å²) in [5.41, 5.74) is 0.292. The summed E-state index contributed by atoms with van der Waals surface area (Å²) in [4.78, 5) is 30.8. The molecule has 1 saturated heterocycles. The van der Waals surface area contributed by atoms with Gasteiger partial charge in [-0.25, -0.2) is 4.98 Å². The van der Waals surface area contributed by atoms with Crippen LogP contribution in [0, 0.1) is 0 Å². The molecule has 2 aliphatic rings. The van der Waals surface area contributed by atoms with Gasteiger partial charge >= 0.3 is 0 Å². The molecule has 132 valence electrons. The molecule has 0 unspecified atom stereocenters. The van der Waals surface area contributed by atoms with Crippen molar-refractivity contribution in [3.05, 3.63) is 35.7 Å². The molecule has 1 saturated carbocycles. The quantitative estimate of drug-likeness (QED) is 0.905. The first kappa shape index (κ1) is 15.9. The third-order valence-electron chi connectivity index (χ3n) is 5.04. The fraction of sp³-hybridized carbons (Fsp3) is 0.529. The number of hydrogen-bond acceptors (Lipinski definition) is 5. The van der Waals surface area contributed by atoms with E-state index in [4.69, 9.17) is 4.52 Å². The van der Waals surface area contributed by atoms with Crippen molar-refractivity contribution in [2.24, 2.45) is 7.05 Å². The lowest BCUT2D eigenvalue weighted by Gasteiger charge is -2.38. The van der Waals surface area contributed by atoms with E-state index in [9.17, 15) is 9.59 Å². The Morgan fingerprint density at radius 3 is 2.80 bits per heavy atom. The maximum absolute atomic E-state index is 12.6. The second-order valence-corrected chi connectivity index (χ2v) is 6.85. The highest BCUT2D eigenvalue weighted by atomic mass is 16.5. The second kappa shape index (κ2) is 6.02. The number of aryl methyl sites for hydroxylation is 1. The molecule has 8 nitrogen and oxygen atoms in total. The average molecular weight is 343 g/mol. The van der Waals surface area contributed by atoms with Crippen LogP contribution in [0.15, 0.2) is 23.0 Å². The molecule has 2 aromatic heterocycles. The van der Waals surface area contributed by atoms with Gasteiger partial charge < -0.3 is 19.3 Å². The molecule has 0 aromatic carbocycles. The number of carbonyl (C=O) groups excluding carboxylic acids is 2. The summed E-state index contributed by atoms with van der Waals surface area (Å²) in [6.45, 7) is 0. The summed E-state index contributed by atoms with van der Waals surface area (Å²) in [5.74, 6) is 1.72. The summed E-state index contributed by atoms with van der Waals surface area (Å²) in [7, 11) is 3.63. The first-order valence-electron chi connectivity index (χ1n) is 8.55. The van der Waals surface area contributed by atoms with Crippen LogP contribution in [0.5, 0.6) is 0 Å². The molecule has 3 heterocycles. The highest BCUT2D eigenvalue weighted by Gasteiger charge is 2.38. The number of aromatic nitrogens is 3. The summed E-state index contributed by atoms with van der Waals surface area (Å²) in [6, 6.07) is 1.19. The molecule has 8 heteroatoms. The number of rotatable bonds is 4. The zero-order valence-electron chi connectivity index (χ0n) is 14.3. The van der Waals surface area contributed by atoms with E-state index in [1.807, 2.05) is 17.8 Å². The molecular formula is C17H21N5O3. The second-order valence-electron chi connectivity index (χ2n) is 6.85. The van der Waals surface area contributed by atoms with Crippen LogP contribution in [-0.2, 0) is 11.8 Å². The van der Waals surface area contributed by atoms with E-state index in [1.165, 1.54) is 0 Å². The normalized spacial score (nSPS) is 23.8. The van der Waals surface area contributed by atoms with Crippen LogP contribution in [0.1, 0.15) is 59.7 Å². The van der Waals surface area contributed by atoms with Crippen molar-refractivity contribution in [1.82, 2.24) is 24.9 Å². The lowest BCUT2D eigenvalue weighted by atomic mass is 9.95. The molecule has 0 spiro atoms. The van der Waals surface area contributed by atoms with Gasteiger partial charge in [0.2, 0.25) is 5.91 Å². The first-order chi connectivity index (χ1) is 12.0. The zero-order chi connectivity index (χ0) is 17.6. The summed E-state index contributed by atoms with van der Waals surface area (Å²) in [6.07, 6.45) is 6.68. The molecule has 2 atom stereocenters. The Bertz CT molecular complexity index is 807. The Balaban J connectivity index is 1.55. The Morgan fingerprint density at radius 2 is 2.12 bits per heavy atom. The minimum Gasteiger partial charge on any atom is -0.360 e. The minimum absolute atomic E-state index is 0.0518. The topological polar surface area (TPSA) is 93.3 Å². The lowest BCUT2D eigenvalue weighted by Crippen LogP contribution is -2.51. The number of piperidine rings is 1. The molecule has 2 fully saturated rings. The number of hydrogen-bond donors (Lipinski definition) is 1. The maximum atomic E-state index is 12.6. The van der Waals surface area contributed by atoms with E-state index in [0.717, 1.165) is 24.4 Å². The largest absolute Gasteiger partial charge is 0.360 e. The zero-order valence-corrected chi connectivity index (χ0v) is 14.3. The minimum atomic E-state index is -0.306. The Morgan fingerprint density at radius 1 is 1.32 bits per heavy atom. The molecule has 1 N–H and O–H groups in total. The van der Waals surface area contributed by atoms with E-state index in [-0.39, 0.29) is 23.9 Å². The van der Waals surface area contributed by atoms with Crippen molar-refractivity contribution >= 4 is 11.8 Å². The maximum Gasteiger partial charge on any atom is 0.273 e. The molecule has 4 rings (SSSR count). The van der Waals surface area contributed by atoms with Gasteiger partial charge in [-0.2, -0.15) is 0 Å². The third-order valence-corrected chi connectivity index (χ3v) is 5.04. The van der Waals surface area contributed by atoms with Gasteiger partial charge in [-0.1, -0.05) is 5.16 Å². The van der Waals surface area contributed by atoms with Crippen molar-refractivity contribution in [1.29, 1.82) is 0 Å². The number of nitrogens with zero attached hydrogens (tertiary/aromatic N) is 4. The van der Waals surface area contributed by atoms with Gasteiger partial charge in [-0.15, -0.1) is 0 Å². The molecule has 1 aliphatic heterocycles. The van der Waals surface area contributed by atoms with Gasteiger partial charge in [-0.05, 0) is 19.3 Å². The van der Waals surface area contributed by atoms with Crippen LogP contribution in [-0.4, -0.2) is 44.5 Å². The predicted molar refractivity (Wildman–Crippen MR) is 87.7 cm³/mol. The number of nitrogens with one attached hydrogen (secondary N) is 1. The third kappa shape index (κ3) is 2.92. The summed E-state index contributed by atoms with van der Waals surface area (Å²) >= 11 is 0. The fourth-order valence-electron chi connectivity index (χ4n) is 3.40. The van der Waals surface area contributed by atoms with Gasteiger partial charge in [-0.3, -0.25) is 9.59 Å². The van der Waals surface area contributed by atoms with Crippen molar-refractivity contribution in [2.45, 2.75) is 43.7 Å². The van der Waals surface area contributed by atoms with Crippen molar-refractivity contribution in [2.75, 3.05) is 7.05 Å². The molecular weight excluding hydrogens is 322 g/mol. The van der Waals surface area contributed by atoms with E-state index in [2.05, 4.69) is 15.5 Å². The molecule has 1 aliphatic carbocycles. The Hall–Kier alpha value is -2.64. The van der Waals surface area contributed by atoms with Crippen LogP contribution < -0.4 is 5.32 Å². The van der Waals surface area contributed by atoms with Crippen molar-refractivity contribution < 1.29 is 14.1 Å². The SMILES string of the molecule is CN1C(=O)CC[C@@H](NC(=O)c2cc(C3CC3)on2)[C@@H]1c1nccn1C. The van der Waals surface area contributed by atoms with Gasteiger partial charge in [0, 0.05) is 44.9 Å². The molecule has 2 aromatic rings. The van der Waals surface area contributed by atoms with Crippen LogP contribution >= 0.6 is 0 Å². The summed E-state index contributed by atoms with van der Waals surface area (Å²) in [5, 5.41) is 6.91. The predicted octanol–water partition coefficient (Wildman–Crippen LogP) is 1.38. The first-order valence-corrected chi connectivity index (χ1v) is 8.55. The Labute approximate surface area is 145 Å². The van der Waals surface area contributed by atoms with E-state index >= 15 is 0 Å². The van der Waals surface area contributed by atoms with Crippen molar-refractivity contribution in [3.63, 3.8) is 0 Å². The standard InChI is InChI=1S/C17H21N5O3/c1-21-8-7-18-16(21)15-11(5-6-14(23)22(15)2)19-17(24)12-9-13(25-20-12)10-3-4-10/h7-11,15H,3-6H2,1-2H3,(H,19,24)/t11-,15-/m1/s1. The van der Waals surface area contributed by atoms with Gasteiger partial charge in [0.1, 0.15) is 17.6 Å². The number of carbonyl (C=O) groups is 2. The number of likely N-dealkylation sites (tertiary alicyclic amines) is 1. The molecule has 2 amide bonds. The monoisotopic (exact) mass is 343 g/mol. The van der Waals surface area contributed by atoms with Crippen molar-refractivity contribution in [3.8, 4) is 0 Å². The van der Waals surface area contributed by atoms with E-state index < -0.39 is 0 Å². The average Bonchev–Trinajstić information content (AvgIpc) is 3.17. The van der Waals surface area contributed by atoms with Crippen LogP contribution in [0.25, 0.3) is 0 Å². The van der Waals surface area contributed by atoms with E-state index in [0.29, 0.717) is 24.5 Å². The highest BCUT2D eigenvalue weighted by molar-refractivity contribution is 5.92. The number of amides is 2. The molecule has 25 heavy (non-hydrogen) atoms. The molecule has 0 bridgehead atoms. The van der Waals surface area contributed by atoms with Gasteiger partial charge in [0.05, 0.1) is 6.04 Å². The number of imidazole rings is 1.